The SMILES string of the molecule is Cc1cc(C)c(N2C=CN3[C@@H](C4c5ccccc5N5c6ncncc6N(C)C45)c4ccccc4C23C)c(C)c1. The first kappa shape index (κ1) is 22.6. The molecule has 4 aromatic rings. The molecule has 6 heteroatoms. The summed E-state index contributed by atoms with van der Waals surface area (Å²) in [7, 11) is 2.19. The summed E-state index contributed by atoms with van der Waals surface area (Å²) in [6.07, 6.45) is 8.36. The molecule has 4 atom stereocenters. The fraction of sp³-hybridized carbons (Fsp3) is 0.273. The normalized spacial score (nSPS) is 25.6. The minimum atomic E-state index is -0.335. The van der Waals surface area contributed by atoms with Gasteiger partial charge in [-0.2, -0.15) is 0 Å². The van der Waals surface area contributed by atoms with Crippen LogP contribution in [0.4, 0.5) is 22.9 Å². The zero-order chi connectivity index (χ0) is 26.6. The number of hydrogen-bond acceptors (Lipinski definition) is 6. The molecule has 0 aliphatic carbocycles. The molecule has 194 valence electrons. The van der Waals surface area contributed by atoms with E-state index in [1.54, 1.807) is 6.33 Å². The predicted molar refractivity (Wildman–Crippen MR) is 156 cm³/mol. The van der Waals surface area contributed by atoms with E-state index >= 15 is 0 Å². The van der Waals surface area contributed by atoms with E-state index < -0.39 is 0 Å². The summed E-state index contributed by atoms with van der Waals surface area (Å²) >= 11 is 0. The highest BCUT2D eigenvalue weighted by Crippen LogP contribution is 2.63. The van der Waals surface area contributed by atoms with Gasteiger partial charge in [-0.25, -0.2) is 9.97 Å². The molecule has 3 unspecified atom stereocenters. The smallest absolute Gasteiger partial charge is 0.161 e. The number of aryl methyl sites for hydroxylation is 3. The molecule has 8 rings (SSSR count). The monoisotopic (exact) mass is 512 g/mol. The van der Waals surface area contributed by atoms with Crippen molar-refractivity contribution in [3.8, 4) is 0 Å². The van der Waals surface area contributed by atoms with E-state index in [-0.39, 0.29) is 23.8 Å². The van der Waals surface area contributed by atoms with Gasteiger partial charge in [-0.15, -0.1) is 0 Å². The van der Waals surface area contributed by atoms with Crippen LogP contribution in [0.25, 0.3) is 0 Å². The Morgan fingerprint density at radius 1 is 0.846 bits per heavy atom. The van der Waals surface area contributed by atoms with Crippen LogP contribution in [0.3, 0.4) is 0 Å². The molecule has 0 spiro atoms. The number of benzene rings is 3. The molecule has 4 aliphatic rings. The Kier molecular flexibility index (Phi) is 4.43. The maximum absolute atomic E-state index is 4.75. The van der Waals surface area contributed by atoms with Crippen LogP contribution in [0.15, 0.2) is 85.6 Å². The van der Waals surface area contributed by atoms with Crippen LogP contribution >= 0.6 is 0 Å². The highest BCUT2D eigenvalue weighted by molar-refractivity contribution is 5.85. The molecule has 1 aromatic heterocycles. The quantitative estimate of drug-likeness (QED) is 0.300. The van der Waals surface area contributed by atoms with E-state index in [1.807, 2.05) is 6.20 Å². The molecule has 0 saturated carbocycles. The Balaban J connectivity index is 1.32. The van der Waals surface area contributed by atoms with Crippen LogP contribution in [-0.2, 0) is 5.66 Å². The molecular weight excluding hydrogens is 480 g/mol. The van der Waals surface area contributed by atoms with E-state index in [9.17, 15) is 0 Å². The number of rotatable bonds is 2. The fourth-order valence-corrected chi connectivity index (χ4v) is 8.06. The fourth-order valence-electron chi connectivity index (χ4n) is 8.06. The second-order valence-corrected chi connectivity index (χ2v) is 11.6. The Hall–Kier alpha value is -4.32. The van der Waals surface area contributed by atoms with Crippen LogP contribution in [0.5, 0.6) is 0 Å². The van der Waals surface area contributed by atoms with E-state index in [0.717, 1.165) is 11.5 Å². The molecular formula is C33H32N6. The third kappa shape index (κ3) is 2.71. The molecule has 0 saturated heterocycles. The molecule has 39 heavy (non-hydrogen) atoms. The van der Waals surface area contributed by atoms with Crippen molar-refractivity contribution in [1.82, 2.24) is 14.9 Å². The first-order valence-corrected chi connectivity index (χ1v) is 13.8. The van der Waals surface area contributed by atoms with Gasteiger partial charge in [0.25, 0.3) is 0 Å². The maximum atomic E-state index is 4.75. The van der Waals surface area contributed by atoms with Crippen LogP contribution in [-0.4, -0.2) is 28.1 Å². The first-order valence-electron chi connectivity index (χ1n) is 13.8. The van der Waals surface area contributed by atoms with Gasteiger partial charge in [-0.3, -0.25) is 0 Å². The molecule has 0 radical (unpaired) electrons. The summed E-state index contributed by atoms with van der Waals surface area (Å²) in [5, 5.41) is 0. The Labute approximate surface area is 229 Å². The number of anilines is 4. The standard InChI is InChI=1S/C33H32N6/c1-20-16-21(2)29(22(3)17-20)37-14-15-38-30(23-10-6-8-12-25(23)33(37,38)4)28-24-11-7-9-13-26(24)39-31-27(18-34-19-35-31)36(5)32(28)39/h6-19,28,30,32H,1-5H3/t28?,30-,32?,33?/m1/s1. The molecule has 5 heterocycles. The van der Waals surface area contributed by atoms with Gasteiger partial charge in [0.15, 0.2) is 5.82 Å². The number of likely N-dealkylation sites (N-methyl/N-ethyl adjacent to an activating group) is 1. The summed E-state index contributed by atoms with van der Waals surface area (Å²) in [5.74, 6) is 1.19. The van der Waals surface area contributed by atoms with Gasteiger partial charge >= 0.3 is 0 Å². The lowest BCUT2D eigenvalue weighted by Crippen LogP contribution is -2.48. The van der Waals surface area contributed by atoms with Crippen molar-refractivity contribution < 1.29 is 0 Å². The van der Waals surface area contributed by atoms with Gasteiger partial charge in [0.1, 0.15) is 23.8 Å². The number of nitrogens with zero attached hydrogens (tertiary/aromatic N) is 6. The van der Waals surface area contributed by atoms with Crippen molar-refractivity contribution in [3.05, 3.63) is 119 Å². The molecule has 0 fully saturated rings. The van der Waals surface area contributed by atoms with Crippen molar-refractivity contribution in [2.75, 3.05) is 21.7 Å². The second-order valence-electron chi connectivity index (χ2n) is 11.6. The number of para-hydroxylation sites is 1. The van der Waals surface area contributed by atoms with E-state index in [1.165, 1.54) is 44.8 Å². The summed E-state index contributed by atoms with van der Waals surface area (Å²) in [5.41, 5.74) is 11.3. The van der Waals surface area contributed by atoms with Crippen molar-refractivity contribution in [2.45, 2.75) is 51.5 Å². The Morgan fingerprint density at radius 2 is 1.56 bits per heavy atom. The number of aromatic nitrogens is 2. The Morgan fingerprint density at radius 3 is 2.36 bits per heavy atom. The van der Waals surface area contributed by atoms with Crippen LogP contribution in [0, 0.1) is 20.8 Å². The van der Waals surface area contributed by atoms with E-state index in [0.29, 0.717) is 0 Å². The lowest BCUT2D eigenvalue weighted by atomic mass is 9.85. The molecule has 3 aromatic carbocycles. The summed E-state index contributed by atoms with van der Waals surface area (Å²) in [6.45, 7) is 9.05. The summed E-state index contributed by atoms with van der Waals surface area (Å²) in [6, 6.07) is 22.7. The predicted octanol–water partition coefficient (Wildman–Crippen LogP) is 6.63. The second kappa shape index (κ2) is 7.63. The third-order valence-electron chi connectivity index (χ3n) is 9.47. The highest BCUT2D eigenvalue weighted by atomic mass is 15.5. The maximum Gasteiger partial charge on any atom is 0.161 e. The Bertz CT molecular complexity index is 1670. The van der Waals surface area contributed by atoms with Gasteiger partial charge in [-0.1, -0.05) is 60.2 Å². The topological polar surface area (TPSA) is 38.7 Å². The zero-order valence-electron chi connectivity index (χ0n) is 23.0. The molecule has 6 nitrogen and oxygen atoms in total. The van der Waals surface area contributed by atoms with Gasteiger partial charge in [0, 0.05) is 36.4 Å². The van der Waals surface area contributed by atoms with Crippen LogP contribution in [0.2, 0.25) is 0 Å². The lowest BCUT2D eigenvalue weighted by Gasteiger charge is -2.44. The third-order valence-corrected chi connectivity index (χ3v) is 9.47. The van der Waals surface area contributed by atoms with Crippen molar-refractivity contribution >= 4 is 22.9 Å². The lowest BCUT2D eigenvalue weighted by molar-refractivity contribution is 0.142. The van der Waals surface area contributed by atoms with Gasteiger partial charge < -0.3 is 19.6 Å². The van der Waals surface area contributed by atoms with Gasteiger partial charge in [0.2, 0.25) is 0 Å². The minimum Gasteiger partial charge on any atom is -0.349 e. The van der Waals surface area contributed by atoms with Crippen molar-refractivity contribution in [3.63, 3.8) is 0 Å². The minimum absolute atomic E-state index is 0.111. The average molecular weight is 513 g/mol. The average Bonchev–Trinajstić information content (AvgIpc) is 3.60. The summed E-state index contributed by atoms with van der Waals surface area (Å²) < 4.78 is 0. The van der Waals surface area contributed by atoms with E-state index in [2.05, 4.69) is 132 Å². The summed E-state index contributed by atoms with van der Waals surface area (Å²) in [4.78, 5) is 19.1. The highest BCUT2D eigenvalue weighted by Gasteiger charge is 2.59. The van der Waals surface area contributed by atoms with Gasteiger partial charge in [-0.05, 0) is 56.0 Å². The van der Waals surface area contributed by atoms with Crippen molar-refractivity contribution in [1.29, 1.82) is 0 Å². The van der Waals surface area contributed by atoms with Crippen molar-refractivity contribution in [2.24, 2.45) is 0 Å². The molecule has 0 N–H and O–H groups in total. The largest absolute Gasteiger partial charge is 0.349 e. The first-order chi connectivity index (χ1) is 18.9. The van der Waals surface area contributed by atoms with Gasteiger partial charge in [0.05, 0.1) is 18.2 Å². The van der Waals surface area contributed by atoms with Crippen LogP contribution in [0.1, 0.15) is 52.3 Å². The molecule has 0 bridgehead atoms. The zero-order valence-corrected chi connectivity index (χ0v) is 23.0. The number of fused-ring (bicyclic) bond motifs is 8. The number of hydrogen-bond donors (Lipinski definition) is 0. The van der Waals surface area contributed by atoms with Crippen LogP contribution < -0.4 is 14.7 Å². The van der Waals surface area contributed by atoms with E-state index in [4.69, 9.17) is 4.98 Å². The molecule has 4 aliphatic heterocycles. The molecule has 0 amide bonds.